The van der Waals surface area contributed by atoms with Crippen LogP contribution >= 0.6 is 11.6 Å². The smallest absolute Gasteiger partial charge is 0.319 e. The number of carbonyl (C=O) groups is 2. The Hall–Kier alpha value is -1.79. The number of carbonyl (C=O) groups excluding carboxylic acids is 1. The number of urea groups is 1. The number of carboxylic acids is 1. The highest BCUT2D eigenvalue weighted by Gasteiger charge is 2.35. The maximum absolute atomic E-state index is 11.9. The zero-order chi connectivity index (χ0) is 14.7. The number of amides is 2. The van der Waals surface area contributed by atoms with Crippen molar-refractivity contribution in [2.45, 2.75) is 13.0 Å². The summed E-state index contributed by atoms with van der Waals surface area (Å²) >= 11 is 5.87. The van der Waals surface area contributed by atoms with Crippen LogP contribution in [0.2, 0.25) is 5.02 Å². The number of hydrogen-bond acceptors (Lipinski definition) is 3. The predicted octanol–water partition coefficient (Wildman–Crippen LogP) is 1.87. The average molecular weight is 299 g/mol. The predicted molar refractivity (Wildman–Crippen MR) is 74.1 cm³/mol. The van der Waals surface area contributed by atoms with Crippen LogP contribution in [0.4, 0.5) is 10.5 Å². The molecular formula is C13H15ClN2O4. The minimum atomic E-state index is -0.980. The number of halogens is 1. The Kier molecular flexibility index (Phi) is 4.46. The van der Waals surface area contributed by atoms with E-state index < -0.39 is 24.0 Å². The fourth-order valence-corrected chi connectivity index (χ4v) is 2.17. The van der Waals surface area contributed by atoms with Crippen molar-refractivity contribution in [2.24, 2.45) is 5.92 Å². The Balaban J connectivity index is 1.99. The van der Waals surface area contributed by atoms with Gasteiger partial charge in [0.1, 0.15) is 5.92 Å². The number of aliphatic carboxylic acids is 1. The van der Waals surface area contributed by atoms with E-state index in [1.807, 2.05) is 6.92 Å². The molecule has 0 aliphatic carbocycles. The molecule has 2 unspecified atom stereocenters. The molecule has 1 heterocycles. The van der Waals surface area contributed by atoms with Crippen molar-refractivity contribution >= 4 is 29.3 Å². The van der Waals surface area contributed by atoms with Crippen LogP contribution in [0.3, 0.4) is 0 Å². The van der Waals surface area contributed by atoms with Gasteiger partial charge in [0.15, 0.2) is 0 Å². The summed E-state index contributed by atoms with van der Waals surface area (Å²) in [6, 6.07) is 4.14. The summed E-state index contributed by atoms with van der Waals surface area (Å²) in [6.45, 7) is 2.14. The van der Waals surface area contributed by atoms with Crippen LogP contribution in [0.5, 0.6) is 0 Å². The Bertz CT molecular complexity index is 535. The summed E-state index contributed by atoms with van der Waals surface area (Å²) in [4.78, 5) is 22.9. The number of anilines is 1. The van der Waals surface area contributed by atoms with Crippen LogP contribution < -0.4 is 10.6 Å². The topological polar surface area (TPSA) is 87.7 Å². The molecule has 7 heteroatoms. The second-order valence-corrected chi connectivity index (χ2v) is 5.08. The Labute approximate surface area is 121 Å². The van der Waals surface area contributed by atoms with Gasteiger partial charge in [-0.1, -0.05) is 17.7 Å². The van der Waals surface area contributed by atoms with Gasteiger partial charge in [-0.2, -0.15) is 0 Å². The van der Waals surface area contributed by atoms with Gasteiger partial charge in [0.25, 0.3) is 0 Å². The third kappa shape index (κ3) is 3.40. The first kappa shape index (κ1) is 14.6. The Morgan fingerprint density at radius 2 is 2.15 bits per heavy atom. The van der Waals surface area contributed by atoms with E-state index in [-0.39, 0.29) is 13.2 Å². The third-order valence-corrected chi connectivity index (χ3v) is 3.40. The lowest BCUT2D eigenvalue weighted by molar-refractivity contribution is -0.142. The average Bonchev–Trinajstić information content (AvgIpc) is 2.82. The summed E-state index contributed by atoms with van der Waals surface area (Å²) < 4.78 is 5.08. The molecule has 1 fully saturated rings. The van der Waals surface area contributed by atoms with Gasteiger partial charge in [0.05, 0.1) is 19.3 Å². The quantitative estimate of drug-likeness (QED) is 0.795. The van der Waals surface area contributed by atoms with Gasteiger partial charge in [-0.05, 0) is 24.6 Å². The molecule has 0 saturated carbocycles. The first-order chi connectivity index (χ1) is 9.47. The van der Waals surface area contributed by atoms with Gasteiger partial charge in [-0.3, -0.25) is 4.79 Å². The molecule has 0 aromatic heterocycles. The van der Waals surface area contributed by atoms with E-state index in [1.165, 1.54) is 0 Å². The van der Waals surface area contributed by atoms with Crippen molar-refractivity contribution in [1.29, 1.82) is 0 Å². The van der Waals surface area contributed by atoms with E-state index in [0.29, 0.717) is 10.7 Å². The number of carboxylic acid groups (broad SMARTS) is 1. The van der Waals surface area contributed by atoms with E-state index in [2.05, 4.69) is 10.6 Å². The number of aryl methyl sites for hydroxylation is 1. The van der Waals surface area contributed by atoms with E-state index in [1.54, 1.807) is 18.2 Å². The monoisotopic (exact) mass is 298 g/mol. The molecule has 1 aliphatic heterocycles. The summed E-state index contributed by atoms with van der Waals surface area (Å²) in [7, 11) is 0. The molecule has 20 heavy (non-hydrogen) atoms. The largest absolute Gasteiger partial charge is 0.481 e. The molecule has 1 aliphatic rings. The molecule has 1 aromatic rings. The molecule has 0 bridgehead atoms. The normalized spacial score (nSPS) is 21.5. The molecule has 0 spiro atoms. The van der Waals surface area contributed by atoms with Crippen LogP contribution in [0.1, 0.15) is 5.56 Å². The van der Waals surface area contributed by atoms with Crippen molar-refractivity contribution in [3.8, 4) is 0 Å². The molecule has 2 amide bonds. The van der Waals surface area contributed by atoms with Crippen LogP contribution in [0.25, 0.3) is 0 Å². The summed E-state index contributed by atoms with van der Waals surface area (Å²) in [5.74, 6) is -1.70. The van der Waals surface area contributed by atoms with Crippen molar-refractivity contribution in [2.75, 3.05) is 18.5 Å². The van der Waals surface area contributed by atoms with E-state index in [9.17, 15) is 9.59 Å². The summed E-state index contributed by atoms with van der Waals surface area (Å²) in [6.07, 6.45) is 0. The maximum Gasteiger partial charge on any atom is 0.319 e. The molecular weight excluding hydrogens is 284 g/mol. The number of benzene rings is 1. The number of hydrogen-bond donors (Lipinski definition) is 3. The molecule has 1 aromatic carbocycles. The Morgan fingerprint density at radius 1 is 1.40 bits per heavy atom. The van der Waals surface area contributed by atoms with Crippen LogP contribution in [-0.2, 0) is 9.53 Å². The molecule has 2 atom stereocenters. The minimum Gasteiger partial charge on any atom is -0.481 e. The molecule has 2 rings (SSSR count). The van der Waals surface area contributed by atoms with Crippen LogP contribution in [-0.4, -0.2) is 36.4 Å². The van der Waals surface area contributed by atoms with Gasteiger partial charge < -0.3 is 20.5 Å². The van der Waals surface area contributed by atoms with Crippen molar-refractivity contribution in [1.82, 2.24) is 5.32 Å². The van der Waals surface area contributed by atoms with Gasteiger partial charge in [0, 0.05) is 10.7 Å². The number of ether oxygens (including phenoxy) is 1. The highest BCUT2D eigenvalue weighted by atomic mass is 35.5. The number of rotatable bonds is 3. The van der Waals surface area contributed by atoms with Crippen LogP contribution in [0.15, 0.2) is 18.2 Å². The van der Waals surface area contributed by atoms with E-state index in [4.69, 9.17) is 21.4 Å². The summed E-state index contributed by atoms with van der Waals surface area (Å²) in [5.41, 5.74) is 1.45. The Morgan fingerprint density at radius 3 is 2.85 bits per heavy atom. The molecule has 0 radical (unpaired) electrons. The van der Waals surface area contributed by atoms with Gasteiger partial charge in [0.2, 0.25) is 0 Å². The lowest BCUT2D eigenvalue weighted by Gasteiger charge is -2.17. The maximum atomic E-state index is 11.9. The standard InChI is InChI=1S/C13H15ClN2O4/c1-7-2-3-8(14)4-10(7)15-13(19)16-11-6-20-5-9(11)12(17)18/h2-4,9,11H,5-6H2,1H3,(H,17,18)(H2,15,16,19). The zero-order valence-electron chi connectivity index (χ0n) is 10.9. The zero-order valence-corrected chi connectivity index (χ0v) is 11.6. The first-order valence-electron chi connectivity index (χ1n) is 6.11. The second-order valence-electron chi connectivity index (χ2n) is 4.65. The fourth-order valence-electron chi connectivity index (χ4n) is 2.00. The molecule has 6 nitrogen and oxygen atoms in total. The molecule has 3 N–H and O–H groups in total. The van der Waals surface area contributed by atoms with Gasteiger partial charge >= 0.3 is 12.0 Å². The van der Waals surface area contributed by atoms with E-state index in [0.717, 1.165) is 5.56 Å². The van der Waals surface area contributed by atoms with Crippen LogP contribution in [0, 0.1) is 12.8 Å². The van der Waals surface area contributed by atoms with Gasteiger partial charge in [-0.25, -0.2) is 4.79 Å². The minimum absolute atomic E-state index is 0.108. The number of nitrogens with one attached hydrogen (secondary N) is 2. The van der Waals surface area contributed by atoms with Crippen molar-refractivity contribution in [3.63, 3.8) is 0 Å². The lowest BCUT2D eigenvalue weighted by atomic mass is 10.0. The first-order valence-corrected chi connectivity index (χ1v) is 6.49. The lowest BCUT2D eigenvalue weighted by Crippen LogP contribution is -2.44. The highest BCUT2D eigenvalue weighted by Crippen LogP contribution is 2.20. The SMILES string of the molecule is Cc1ccc(Cl)cc1NC(=O)NC1COCC1C(=O)O. The third-order valence-electron chi connectivity index (χ3n) is 3.16. The molecule has 1 saturated heterocycles. The highest BCUT2D eigenvalue weighted by molar-refractivity contribution is 6.31. The van der Waals surface area contributed by atoms with E-state index >= 15 is 0 Å². The van der Waals surface area contributed by atoms with Crippen molar-refractivity contribution < 1.29 is 19.4 Å². The second kappa shape index (κ2) is 6.11. The summed E-state index contributed by atoms with van der Waals surface area (Å²) in [5, 5.41) is 14.8. The fraction of sp³-hybridized carbons (Fsp3) is 0.385. The molecule has 108 valence electrons. The van der Waals surface area contributed by atoms with Crippen molar-refractivity contribution in [3.05, 3.63) is 28.8 Å². The van der Waals surface area contributed by atoms with Gasteiger partial charge in [-0.15, -0.1) is 0 Å².